The molecule has 0 spiro atoms. The normalized spacial score (nSPS) is 12.0. The van der Waals surface area contributed by atoms with Crippen LogP contribution in [0.2, 0.25) is 0 Å². The second kappa shape index (κ2) is 8.50. The van der Waals surface area contributed by atoms with Gasteiger partial charge >= 0.3 is 0 Å². The van der Waals surface area contributed by atoms with Crippen molar-refractivity contribution < 1.29 is 4.79 Å². The number of carbonyl (C=O) groups excluding carboxylic acids is 1. The molecule has 0 aliphatic heterocycles. The summed E-state index contributed by atoms with van der Waals surface area (Å²) >= 11 is 0. The van der Waals surface area contributed by atoms with E-state index in [4.69, 9.17) is 4.98 Å². The lowest BCUT2D eigenvalue weighted by Gasteiger charge is -2.26. The molecule has 1 amide bonds. The van der Waals surface area contributed by atoms with Gasteiger partial charge in [0.1, 0.15) is 17.2 Å². The number of nitrogens with zero attached hydrogens (tertiary/aromatic N) is 6. The maximum atomic E-state index is 12.3. The van der Waals surface area contributed by atoms with Gasteiger partial charge in [0, 0.05) is 50.3 Å². The zero-order valence-corrected chi connectivity index (χ0v) is 19.1. The predicted molar refractivity (Wildman–Crippen MR) is 118 cm³/mol. The van der Waals surface area contributed by atoms with Gasteiger partial charge in [-0.05, 0) is 39.3 Å². The summed E-state index contributed by atoms with van der Waals surface area (Å²) in [6.07, 6.45) is 5.62. The lowest BCUT2D eigenvalue weighted by Crippen LogP contribution is -2.36. The minimum Gasteiger partial charge on any atom is -0.348 e. The van der Waals surface area contributed by atoms with Gasteiger partial charge in [-0.1, -0.05) is 13.8 Å². The molecule has 0 saturated heterocycles. The molecule has 0 fully saturated rings. The number of hydrogen-bond acceptors (Lipinski definition) is 5. The number of aromatic nitrogens is 5. The second-order valence-electron chi connectivity index (χ2n) is 9.01. The number of fused-ring (bicyclic) bond motifs is 1. The molecule has 0 saturated carbocycles. The smallest absolute Gasteiger partial charge is 0.227 e. The summed E-state index contributed by atoms with van der Waals surface area (Å²) in [7, 11) is 3.58. The van der Waals surface area contributed by atoms with Crippen LogP contribution in [0.1, 0.15) is 63.2 Å². The highest BCUT2D eigenvalue weighted by Gasteiger charge is 2.29. The third-order valence-electron chi connectivity index (χ3n) is 5.41. The quantitative estimate of drug-likeness (QED) is 0.595. The van der Waals surface area contributed by atoms with Crippen molar-refractivity contribution in [2.45, 2.75) is 59.9 Å². The Morgan fingerprint density at radius 2 is 1.90 bits per heavy atom. The van der Waals surface area contributed by atoms with Crippen LogP contribution in [0.5, 0.6) is 0 Å². The minimum atomic E-state index is -0.442. The summed E-state index contributed by atoms with van der Waals surface area (Å²) in [5.41, 5.74) is 3.46. The fourth-order valence-electron chi connectivity index (χ4n) is 3.89. The SMILES string of the molecule is Cc1nc2cnc(Cc3ccnc(CCC(C)(C)C(=O)N(C)C)n3)cc2n1C(C)C. The predicted octanol–water partition coefficient (Wildman–Crippen LogP) is 3.75. The van der Waals surface area contributed by atoms with E-state index in [1.165, 1.54) is 0 Å². The topological polar surface area (TPSA) is 76.8 Å². The molecule has 7 heteroatoms. The van der Waals surface area contributed by atoms with Crippen LogP contribution >= 0.6 is 0 Å². The number of amides is 1. The summed E-state index contributed by atoms with van der Waals surface area (Å²) < 4.78 is 2.23. The summed E-state index contributed by atoms with van der Waals surface area (Å²) in [5.74, 6) is 1.88. The van der Waals surface area contributed by atoms with Gasteiger partial charge in [-0.25, -0.2) is 15.0 Å². The summed E-state index contributed by atoms with van der Waals surface area (Å²) in [6, 6.07) is 4.37. The van der Waals surface area contributed by atoms with Crippen LogP contribution in [0, 0.1) is 12.3 Å². The van der Waals surface area contributed by atoms with Crippen molar-refractivity contribution in [1.29, 1.82) is 0 Å². The number of rotatable bonds is 7. The first-order valence-corrected chi connectivity index (χ1v) is 10.4. The second-order valence-corrected chi connectivity index (χ2v) is 9.01. The Morgan fingerprint density at radius 3 is 2.57 bits per heavy atom. The number of hydrogen-bond donors (Lipinski definition) is 0. The highest BCUT2D eigenvalue weighted by molar-refractivity contribution is 5.81. The zero-order chi connectivity index (χ0) is 22.1. The Labute approximate surface area is 178 Å². The molecule has 0 bridgehead atoms. The van der Waals surface area contributed by atoms with Gasteiger partial charge in [-0.3, -0.25) is 9.78 Å². The molecule has 30 heavy (non-hydrogen) atoms. The van der Waals surface area contributed by atoms with Crippen LogP contribution < -0.4 is 0 Å². The first-order valence-electron chi connectivity index (χ1n) is 10.4. The molecule has 0 atom stereocenters. The van der Waals surface area contributed by atoms with E-state index in [0.717, 1.165) is 34.1 Å². The van der Waals surface area contributed by atoms with Gasteiger partial charge in [0.2, 0.25) is 5.91 Å². The van der Waals surface area contributed by atoms with Crippen molar-refractivity contribution in [2.75, 3.05) is 14.1 Å². The number of aryl methyl sites for hydroxylation is 2. The van der Waals surface area contributed by atoms with Crippen molar-refractivity contribution in [1.82, 2.24) is 29.4 Å². The molecule has 160 valence electrons. The lowest BCUT2D eigenvalue weighted by atomic mass is 9.86. The number of pyridine rings is 1. The van der Waals surface area contributed by atoms with Gasteiger partial charge < -0.3 is 9.47 Å². The Balaban J connectivity index is 1.77. The molecule has 3 rings (SSSR count). The Bertz CT molecular complexity index is 1050. The lowest BCUT2D eigenvalue weighted by molar-refractivity contribution is -0.138. The van der Waals surface area contributed by atoms with Crippen LogP contribution in [0.15, 0.2) is 24.5 Å². The molecular formula is C23H32N6O. The number of carbonyl (C=O) groups is 1. The van der Waals surface area contributed by atoms with E-state index in [2.05, 4.69) is 39.4 Å². The van der Waals surface area contributed by atoms with Crippen molar-refractivity contribution in [3.05, 3.63) is 47.6 Å². The van der Waals surface area contributed by atoms with E-state index in [9.17, 15) is 4.79 Å². The average molecular weight is 409 g/mol. The highest BCUT2D eigenvalue weighted by Crippen LogP contribution is 2.25. The van der Waals surface area contributed by atoms with Crippen LogP contribution in [-0.4, -0.2) is 49.4 Å². The molecule has 7 nitrogen and oxygen atoms in total. The van der Waals surface area contributed by atoms with Gasteiger partial charge in [0.05, 0.1) is 17.4 Å². The summed E-state index contributed by atoms with van der Waals surface area (Å²) in [5, 5.41) is 0. The summed E-state index contributed by atoms with van der Waals surface area (Å²) in [6.45, 7) is 10.3. The van der Waals surface area contributed by atoms with E-state index in [0.29, 0.717) is 25.3 Å². The van der Waals surface area contributed by atoms with Gasteiger partial charge in [-0.15, -0.1) is 0 Å². The van der Waals surface area contributed by atoms with Crippen molar-refractivity contribution in [3.63, 3.8) is 0 Å². The molecule has 3 heterocycles. The summed E-state index contributed by atoms with van der Waals surface area (Å²) in [4.78, 5) is 32.3. The monoisotopic (exact) mass is 408 g/mol. The molecule has 0 unspecified atom stereocenters. The third kappa shape index (κ3) is 4.66. The van der Waals surface area contributed by atoms with E-state index < -0.39 is 5.41 Å². The van der Waals surface area contributed by atoms with Crippen LogP contribution in [-0.2, 0) is 17.6 Å². The van der Waals surface area contributed by atoms with Crippen molar-refractivity contribution in [2.24, 2.45) is 5.41 Å². The zero-order valence-electron chi connectivity index (χ0n) is 19.1. The Hall–Kier alpha value is -2.83. The molecule has 0 aromatic carbocycles. The molecule has 0 N–H and O–H groups in total. The molecular weight excluding hydrogens is 376 g/mol. The van der Waals surface area contributed by atoms with E-state index in [1.54, 1.807) is 25.2 Å². The highest BCUT2D eigenvalue weighted by atomic mass is 16.2. The maximum absolute atomic E-state index is 12.3. The Morgan fingerprint density at radius 1 is 1.17 bits per heavy atom. The Kier molecular flexibility index (Phi) is 6.19. The molecule has 3 aromatic heterocycles. The van der Waals surface area contributed by atoms with E-state index >= 15 is 0 Å². The van der Waals surface area contributed by atoms with Crippen molar-refractivity contribution in [3.8, 4) is 0 Å². The van der Waals surface area contributed by atoms with E-state index in [1.807, 2.05) is 33.0 Å². The van der Waals surface area contributed by atoms with Crippen LogP contribution in [0.3, 0.4) is 0 Å². The van der Waals surface area contributed by atoms with Crippen LogP contribution in [0.25, 0.3) is 11.0 Å². The molecule has 0 aliphatic rings. The average Bonchev–Trinajstić information content (AvgIpc) is 3.01. The third-order valence-corrected chi connectivity index (χ3v) is 5.41. The first kappa shape index (κ1) is 21.9. The maximum Gasteiger partial charge on any atom is 0.227 e. The van der Waals surface area contributed by atoms with Gasteiger partial charge in [0.25, 0.3) is 0 Å². The fourth-order valence-corrected chi connectivity index (χ4v) is 3.89. The minimum absolute atomic E-state index is 0.119. The van der Waals surface area contributed by atoms with Crippen molar-refractivity contribution >= 4 is 16.9 Å². The molecule has 0 radical (unpaired) electrons. The fraction of sp³-hybridized carbons (Fsp3) is 0.522. The number of imidazole rings is 1. The molecule has 3 aromatic rings. The first-order chi connectivity index (χ1) is 14.1. The van der Waals surface area contributed by atoms with E-state index in [-0.39, 0.29) is 5.91 Å². The van der Waals surface area contributed by atoms with Gasteiger partial charge in [-0.2, -0.15) is 0 Å². The largest absolute Gasteiger partial charge is 0.348 e. The van der Waals surface area contributed by atoms with Gasteiger partial charge in [0.15, 0.2) is 0 Å². The van der Waals surface area contributed by atoms with Crippen LogP contribution in [0.4, 0.5) is 0 Å². The molecule has 0 aliphatic carbocycles. The standard InChI is InChI=1S/C23H32N6O/c1-15(2)29-16(3)26-19-14-25-18(13-20(19)29)12-17-9-11-24-21(27-17)8-10-23(4,5)22(30)28(6)7/h9,11,13-15H,8,10,12H2,1-7H3.